The molecule has 2 amide bonds. The van der Waals surface area contributed by atoms with Crippen molar-refractivity contribution in [1.82, 2.24) is 24.7 Å². The number of piperazine rings is 1. The fourth-order valence-electron chi connectivity index (χ4n) is 6.18. The van der Waals surface area contributed by atoms with Crippen molar-refractivity contribution in [2.45, 2.75) is 31.3 Å². The van der Waals surface area contributed by atoms with Crippen molar-refractivity contribution in [3.05, 3.63) is 81.5 Å². The van der Waals surface area contributed by atoms with Gasteiger partial charge >= 0.3 is 12.0 Å². The lowest BCUT2D eigenvalue weighted by Crippen LogP contribution is -2.60. The molecule has 0 N–H and O–H groups in total. The summed E-state index contributed by atoms with van der Waals surface area (Å²) in [6.45, 7) is 6.75. The lowest BCUT2D eigenvalue weighted by molar-refractivity contribution is 0.0868. The second-order valence-corrected chi connectivity index (χ2v) is 14.9. The third kappa shape index (κ3) is 6.53. The summed E-state index contributed by atoms with van der Waals surface area (Å²) in [5, 5.41) is 1.14. The molecule has 1 saturated heterocycles. The van der Waals surface area contributed by atoms with Gasteiger partial charge in [-0.1, -0.05) is 47.5 Å². The van der Waals surface area contributed by atoms with Crippen LogP contribution < -0.4 is 9.47 Å². The Morgan fingerprint density at radius 3 is 2.04 bits per heavy atom. The van der Waals surface area contributed by atoms with Crippen LogP contribution >= 0.6 is 23.2 Å². The number of carbonyl (C=O) groups is 1. The SMILES string of the molecule is COc1ncc(C2=N[C@@](C)(c3ccc(Cl)cc3)[C@@](C)(c3ccc(Cl)cc3)N2C(=O)N2CCN(CCCS(C)(=O)=O)CC2)c(OC)n1. The number of carbonyl (C=O) groups excluding carboxylic acids is 1. The van der Waals surface area contributed by atoms with Crippen LogP contribution in [0.2, 0.25) is 10.0 Å². The molecule has 0 radical (unpaired) electrons. The van der Waals surface area contributed by atoms with Crippen LogP contribution in [0.1, 0.15) is 37.0 Å². The van der Waals surface area contributed by atoms with Crippen LogP contribution in [0, 0.1) is 0 Å². The Balaban J connectivity index is 1.61. The molecule has 2 aliphatic rings. The number of urea groups is 1. The summed E-state index contributed by atoms with van der Waals surface area (Å²) in [6.07, 6.45) is 3.34. The molecule has 2 aromatic carbocycles. The van der Waals surface area contributed by atoms with Crippen molar-refractivity contribution in [3.63, 3.8) is 0 Å². The van der Waals surface area contributed by atoms with Gasteiger partial charge in [0.1, 0.15) is 26.8 Å². The van der Waals surface area contributed by atoms with Crippen molar-refractivity contribution < 1.29 is 22.7 Å². The Morgan fingerprint density at radius 2 is 1.50 bits per heavy atom. The van der Waals surface area contributed by atoms with Gasteiger partial charge in [0.25, 0.3) is 0 Å². The number of aliphatic imine (C=N–C) groups is 1. The molecule has 1 fully saturated rings. The summed E-state index contributed by atoms with van der Waals surface area (Å²) >= 11 is 12.7. The van der Waals surface area contributed by atoms with Gasteiger partial charge in [-0.05, 0) is 62.2 Å². The molecule has 246 valence electrons. The van der Waals surface area contributed by atoms with E-state index in [0.29, 0.717) is 60.6 Å². The maximum Gasteiger partial charge on any atom is 0.326 e. The highest BCUT2D eigenvalue weighted by atomic mass is 35.5. The van der Waals surface area contributed by atoms with Crippen molar-refractivity contribution in [2.75, 3.05) is 59.0 Å². The minimum atomic E-state index is -3.04. The number of methoxy groups -OCH3 is 2. The largest absolute Gasteiger partial charge is 0.480 e. The van der Waals surface area contributed by atoms with Crippen LogP contribution in [0.4, 0.5) is 4.79 Å². The predicted molar refractivity (Wildman–Crippen MR) is 179 cm³/mol. The molecular formula is C32H38Cl2N6O5S. The van der Waals surface area contributed by atoms with E-state index in [-0.39, 0.29) is 23.7 Å². The standard InChI is InChI=1S/C32H38Cl2N6O5S/c1-31(22-7-11-24(33)12-8-22)32(2,23-9-13-25(34)14-10-23)40(27(37-31)26-21-35-29(45-4)36-28(26)44-3)30(41)39-18-16-38(17-19-39)15-6-20-46(5,42)43/h7-14,21H,6,15-20H2,1-5H3/t31-,32+/m0/s1. The maximum absolute atomic E-state index is 14.9. The first kappa shape index (κ1) is 33.9. The number of rotatable bonds is 9. The number of sulfone groups is 1. The molecule has 0 spiro atoms. The van der Waals surface area contributed by atoms with Crippen molar-refractivity contribution in [3.8, 4) is 11.9 Å². The zero-order chi connectivity index (χ0) is 33.3. The number of amidine groups is 1. The average molecular weight is 690 g/mol. The van der Waals surface area contributed by atoms with Crippen LogP contribution in [0.15, 0.2) is 59.7 Å². The monoisotopic (exact) mass is 688 g/mol. The van der Waals surface area contributed by atoms with E-state index in [1.165, 1.54) is 20.5 Å². The minimum Gasteiger partial charge on any atom is -0.480 e. The lowest BCUT2D eigenvalue weighted by Gasteiger charge is -2.47. The topological polar surface area (TPSA) is 118 Å². The van der Waals surface area contributed by atoms with E-state index in [4.69, 9.17) is 37.7 Å². The Hall–Kier alpha value is -3.45. The molecule has 0 unspecified atom stereocenters. The molecular weight excluding hydrogens is 651 g/mol. The van der Waals surface area contributed by atoms with Crippen molar-refractivity contribution in [2.24, 2.45) is 4.99 Å². The summed E-state index contributed by atoms with van der Waals surface area (Å²) in [6, 6.07) is 14.8. The number of nitrogens with zero attached hydrogens (tertiary/aromatic N) is 6. The molecule has 2 atom stereocenters. The molecule has 0 aliphatic carbocycles. The van der Waals surface area contributed by atoms with Gasteiger partial charge in [-0.25, -0.2) is 18.2 Å². The first-order valence-electron chi connectivity index (χ1n) is 14.9. The van der Waals surface area contributed by atoms with Crippen molar-refractivity contribution in [1.29, 1.82) is 0 Å². The zero-order valence-corrected chi connectivity index (χ0v) is 28.9. The van der Waals surface area contributed by atoms with Crippen molar-refractivity contribution >= 4 is 44.9 Å². The van der Waals surface area contributed by atoms with E-state index in [1.807, 2.05) is 50.2 Å². The van der Waals surface area contributed by atoms with Gasteiger partial charge in [-0.15, -0.1) is 0 Å². The van der Waals surface area contributed by atoms with Gasteiger partial charge in [0, 0.05) is 48.7 Å². The lowest BCUT2D eigenvalue weighted by atomic mass is 9.71. The number of hydrogen-bond donors (Lipinski definition) is 0. The highest BCUT2D eigenvalue weighted by Gasteiger charge is 2.60. The van der Waals surface area contributed by atoms with Gasteiger partial charge in [0.15, 0.2) is 0 Å². The van der Waals surface area contributed by atoms with E-state index >= 15 is 0 Å². The molecule has 2 aliphatic heterocycles. The summed E-state index contributed by atoms with van der Waals surface area (Å²) < 4.78 is 34.2. The van der Waals surface area contributed by atoms with Crippen LogP contribution in [-0.2, 0) is 20.9 Å². The van der Waals surface area contributed by atoms with E-state index in [0.717, 1.165) is 11.1 Å². The van der Waals surface area contributed by atoms with Gasteiger partial charge in [0.2, 0.25) is 5.88 Å². The zero-order valence-electron chi connectivity index (χ0n) is 26.5. The molecule has 46 heavy (non-hydrogen) atoms. The number of ether oxygens (including phenoxy) is 2. The van der Waals surface area contributed by atoms with Crippen LogP contribution in [0.3, 0.4) is 0 Å². The number of aromatic nitrogens is 2. The van der Waals surface area contributed by atoms with Gasteiger partial charge in [-0.3, -0.25) is 14.8 Å². The highest BCUT2D eigenvalue weighted by molar-refractivity contribution is 7.90. The number of hydrogen-bond acceptors (Lipinski definition) is 9. The number of benzene rings is 2. The van der Waals surface area contributed by atoms with E-state index in [2.05, 4.69) is 14.9 Å². The second-order valence-electron chi connectivity index (χ2n) is 11.8. The Morgan fingerprint density at radius 1 is 0.913 bits per heavy atom. The minimum absolute atomic E-state index is 0.116. The summed E-state index contributed by atoms with van der Waals surface area (Å²) in [4.78, 5) is 34.7. The maximum atomic E-state index is 14.9. The predicted octanol–water partition coefficient (Wildman–Crippen LogP) is 4.87. The first-order chi connectivity index (χ1) is 21.8. The first-order valence-corrected chi connectivity index (χ1v) is 17.7. The molecule has 0 saturated carbocycles. The Kier molecular flexibility index (Phi) is 9.84. The summed E-state index contributed by atoms with van der Waals surface area (Å²) in [7, 11) is -0.0780. The molecule has 11 nitrogen and oxygen atoms in total. The third-order valence-electron chi connectivity index (χ3n) is 8.92. The smallest absolute Gasteiger partial charge is 0.326 e. The molecule has 14 heteroatoms. The average Bonchev–Trinajstić information content (AvgIpc) is 3.28. The number of amides is 2. The van der Waals surface area contributed by atoms with Crippen LogP contribution in [0.25, 0.3) is 0 Å². The highest BCUT2D eigenvalue weighted by Crippen LogP contribution is 2.54. The van der Waals surface area contributed by atoms with E-state index < -0.39 is 20.9 Å². The Bertz CT molecular complexity index is 1720. The molecule has 5 rings (SSSR count). The van der Waals surface area contributed by atoms with Gasteiger partial charge in [-0.2, -0.15) is 4.98 Å². The van der Waals surface area contributed by atoms with E-state index in [9.17, 15) is 13.2 Å². The molecule has 3 aromatic rings. The quantitative estimate of drug-likeness (QED) is 0.313. The fraction of sp³-hybridized carbons (Fsp3) is 0.438. The fourth-order valence-corrected chi connectivity index (χ4v) is 7.09. The summed E-state index contributed by atoms with van der Waals surface area (Å²) in [5.41, 5.74) is -0.0149. The molecule has 1 aromatic heterocycles. The number of halogens is 2. The van der Waals surface area contributed by atoms with Crippen LogP contribution in [0.5, 0.6) is 11.9 Å². The Labute approximate surface area is 280 Å². The molecule has 0 bridgehead atoms. The normalized spacial score (nSPS) is 22.1. The van der Waals surface area contributed by atoms with Gasteiger partial charge in [0.05, 0.1) is 25.5 Å². The van der Waals surface area contributed by atoms with E-state index in [1.54, 1.807) is 28.1 Å². The third-order valence-corrected chi connectivity index (χ3v) is 10.5. The molecule has 3 heterocycles. The van der Waals surface area contributed by atoms with Gasteiger partial charge < -0.3 is 14.4 Å². The second kappa shape index (κ2) is 13.3. The van der Waals surface area contributed by atoms with Crippen LogP contribution in [-0.4, -0.2) is 104 Å². The summed E-state index contributed by atoms with van der Waals surface area (Å²) in [5.74, 6) is 0.682.